The van der Waals surface area contributed by atoms with E-state index in [0.717, 1.165) is 66.7 Å². The number of methoxy groups -OCH3 is 1. The molecule has 1 unspecified atom stereocenters. The molecule has 10 heteroatoms. The molecular weight excluding hydrogens is 490 g/mol. The van der Waals surface area contributed by atoms with Crippen molar-refractivity contribution in [2.24, 2.45) is 9.50 Å². The number of benzene rings is 2. The number of carbonyl (C=O) groups is 1. The quantitative estimate of drug-likeness (QED) is 0.448. The molecule has 2 aliphatic rings. The number of aliphatic hydroxyl groups is 1. The third-order valence-electron chi connectivity index (χ3n) is 7.10. The highest BCUT2D eigenvalue weighted by molar-refractivity contribution is 7.91. The Kier molecular flexibility index (Phi) is 6.59. The third-order valence-corrected chi connectivity index (χ3v) is 8.33. The summed E-state index contributed by atoms with van der Waals surface area (Å²) in [6.07, 6.45) is 5.92. The van der Waals surface area contributed by atoms with Gasteiger partial charge in [0.2, 0.25) is 0 Å². The van der Waals surface area contributed by atoms with Crippen LogP contribution in [0.15, 0.2) is 45.8 Å². The van der Waals surface area contributed by atoms with Crippen LogP contribution in [-0.4, -0.2) is 32.2 Å². The van der Waals surface area contributed by atoms with Crippen LogP contribution in [-0.2, 0) is 47.7 Å². The molecule has 0 saturated carbocycles. The first-order valence-electron chi connectivity index (χ1n) is 12.5. The number of nitrogens with one attached hydrogen (secondary N) is 1. The Morgan fingerprint density at radius 1 is 1.14 bits per heavy atom. The number of urea groups is 1. The Morgan fingerprint density at radius 2 is 1.76 bits per heavy atom. The van der Waals surface area contributed by atoms with E-state index in [4.69, 9.17) is 9.88 Å². The van der Waals surface area contributed by atoms with Crippen LogP contribution in [0, 0.1) is 0 Å². The average Bonchev–Trinajstić information content (AvgIpc) is 3.58. The van der Waals surface area contributed by atoms with Crippen molar-refractivity contribution in [1.82, 2.24) is 9.78 Å². The zero-order chi connectivity index (χ0) is 26.4. The Morgan fingerprint density at radius 3 is 2.32 bits per heavy atom. The summed E-state index contributed by atoms with van der Waals surface area (Å²) in [6.45, 7) is 3.52. The molecule has 1 atom stereocenters. The van der Waals surface area contributed by atoms with E-state index < -0.39 is 21.5 Å². The highest BCUT2D eigenvalue weighted by Crippen LogP contribution is 2.38. The summed E-state index contributed by atoms with van der Waals surface area (Å²) in [7, 11) is -2.08. The summed E-state index contributed by atoms with van der Waals surface area (Å²) in [4.78, 5) is 13.0. The number of rotatable bonds is 6. The van der Waals surface area contributed by atoms with Gasteiger partial charge in [-0.05, 0) is 92.3 Å². The van der Waals surface area contributed by atoms with Gasteiger partial charge in [0.05, 0.1) is 19.3 Å². The van der Waals surface area contributed by atoms with Gasteiger partial charge >= 0.3 is 6.03 Å². The fourth-order valence-corrected chi connectivity index (χ4v) is 6.20. The van der Waals surface area contributed by atoms with Gasteiger partial charge in [0.1, 0.15) is 11.4 Å². The smallest absolute Gasteiger partial charge is 0.354 e. The summed E-state index contributed by atoms with van der Waals surface area (Å²) in [5.74, 6) is 0.720. The van der Waals surface area contributed by atoms with Crippen LogP contribution >= 0.6 is 0 Å². The summed E-state index contributed by atoms with van der Waals surface area (Å²) < 4.78 is 24.1. The number of nitrogens with two attached hydrogens (primary N) is 1. The predicted octanol–water partition coefficient (Wildman–Crippen LogP) is 4.08. The number of nitrogens with zero attached hydrogens (tertiary/aromatic N) is 3. The summed E-state index contributed by atoms with van der Waals surface area (Å²) in [6, 6.07) is 10.4. The number of fused-ring (bicyclic) bond motifs is 2. The second kappa shape index (κ2) is 9.59. The maximum absolute atomic E-state index is 13.5. The van der Waals surface area contributed by atoms with Gasteiger partial charge in [-0.2, -0.15) is 5.10 Å². The number of aromatic nitrogens is 2. The maximum atomic E-state index is 13.5. The number of ether oxygens (including phenoxy) is 1. The summed E-state index contributed by atoms with van der Waals surface area (Å²) in [5.41, 5.74) is 5.68. The van der Waals surface area contributed by atoms with E-state index in [0.29, 0.717) is 12.2 Å². The molecule has 37 heavy (non-hydrogen) atoms. The summed E-state index contributed by atoms with van der Waals surface area (Å²) >= 11 is 0. The number of aryl methyl sites for hydroxylation is 2. The SMILES string of the molecule is COc1ccc(Cn2nc(S(N)(=O)=NC(=O)Nc3c4c(cc5c3CCC5)CCC4)cc2C(C)(C)O)cc1. The van der Waals surface area contributed by atoms with E-state index in [2.05, 4.69) is 20.8 Å². The van der Waals surface area contributed by atoms with Crippen LogP contribution in [0.1, 0.15) is 60.2 Å². The molecule has 2 aliphatic carbocycles. The Labute approximate surface area is 217 Å². The second-order valence-electron chi connectivity index (χ2n) is 10.3. The molecule has 0 spiro atoms. The molecular formula is C27H33N5O4S. The first-order chi connectivity index (χ1) is 17.5. The molecule has 4 N–H and O–H groups in total. The number of hydrogen-bond acceptors (Lipinski definition) is 5. The van der Waals surface area contributed by atoms with Gasteiger partial charge in [-0.3, -0.25) is 4.68 Å². The minimum atomic E-state index is -3.67. The molecule has 0 bridgehead atoms. The van der Waals surface area contributed by atoms with Crippen molar-refractivity contribution in [1.29, 1.82) is 0 Å². The van der Waals surface area contributed by atoms with Gasteiger partial charge in [-0.15, -0.1) is 4.36 Å². The van der Waals surface area contributed by atoms with Crippen molar-refractivity contribution >= 4 is 21.6 Å². The monoisotopic (exact) mass is 523 g/mol. The van der Waals surface area contributed by atoms with Crippen molar-refractivity contribution < 1.29 is 18.8 Å². The number of carbonyl (C=O) groups excluding carboxylic acids is 1. The number of anilines is 1. The first kappa shape index (κ1) is 25.4. The minimum Gasteiger partial charge on any atom is -0.497 e. The molecule has 0 fully saturated rings. The highest BCUT2D eigenvalue weighted by atomic mass is 32.2. The fraction of sp³-hybridized carbons (Fsp3) is 0.407. The Balaban J connectivity index is 1.45. The number of hydrogen-bond donors (Lipinski definition) is 3. The highest BCUT2D eigenvalue weighted by Gasteiger charge is 2.28. The average molecular weight is 524 g/mol. The van der Waals surface area contributed by atoms with Crippen LogP contribution in [0.25, 0.3) is 0 Å². The lowest BCUT2D eigenvalue weighted by Gasteiger charge is -2.19. The van der Waals surface area contributed by atoms with E-state index in [1.54, 1.807) is 21.0 Å². The molecule has 3 aromatic rings. The molecule has 5 rings (SSSR count). The zero-order valence-electron chi connectivity index (χ0n) is 21.4. The van der Waals surface area contributed by atoms with Crippen LogP contribution in [0.2, 0.25) is 0 Å². The minimum absolute atomic E-state index is 0.0585. The molecule has 0 saturated heterocycles. The van der Waals surface area contributed by atoms with Gasteiger partial charge in [0, 0.05) is 11.8 Å². The lowest BCUT2D eigenvalue weighted by atomic mass is 9.99. The molecule has 1 heterocycles. The predicted molar refractivity (Wildman–Crippen MR) is 142 cm³/mol. The summed E-state index contributed by atoms with van der Waals surface area (Å²) in [5, 5.41) is 24.1. The first-order valence-corrected chi connectivity index (χ1v) is 14.1. The van der Waals surface area contributed by atoms with Gasteiger partial charge in [0.15, 0.2) is 14.9 Å². The van der Waals surface area contributed by atoms with E-state index in [1.165, 1.54) is 21.9 Å². The van der Waals surface area contributed by atoms with E-state index >= 15 is 0 Å². The van der Waals surface area contributed by atoms with Crippen LogP contribution in [0.3, 0.4) is 0 Å². The standard InChI is InChI=1S/C27H33N5O4S/c1-27(2,34)23-15-24(30-32(23)16-17-10-12-20(36-3)13-11-17)37(28,35)31-26(33)29-25-21-8-4-6-18(21)14-19-7-5-9-22(19)25/h10-15,34H,4-9,16H2,1-3H3,(H3,28,29,31,33,35). The molecule has 0 aliphatic heterocycles. The van der Waals surface area contributed by atoms with E-state index in [9.17, 15) is 14.1 Å². The molecule has 2 amide bonds. The van der Waals surface area contributed by atoms with Crippen LogP contribution < -0.4 is 15.2 Å². The van der Waals surface area contributed by atoms with Gasteiger partial charge < -0.3 is 15.2 Å². The normalized spacial score (nSPS) is 16.1. The number of amides is 2. The Hall–Kier alpha value is -3.21. The third kappa shape index (κ3) is 5.14. The van der Waals surface area contributed by atoms with E-state index in [1.807, 2.05) is 24.3 Å². The molecule has 196 valence electrons. The van der Waals surface area contributed by atoms with Crippen molar-refractivity contribution in [3.8, 4) is 5.75 Å². The molecule has 2 aromatic carbocycles. The maximum Gasteiger partial charge on any atom is 0.354 e. The molecule has 0 radical (unpaired) electrons. The molecule has 9 nitrogen and oxygen atoms in total. The van der Waals surface area contributed by atoms with Gasteiger partial charge in [-0.25, -0.2) is 14.1 Å². The van der Waals surface area contributed by atoms with Crippen LogP contribution in [0.4, 0.5) is 10.5 Å². The van der Waals surface area contributed by atoms with Crippen LogP contribution in [0.5, 0.6) is 5.75 Å². The van der Waals surface area contributed by atoms with Crippen molar-refractivity contribution in [2.75, 3.05) is 12.4 Å². The fourth-order valence-electron chi connectivity index (χ4n) is 5.32. The van der Waals surface area contributed by atoms with Crippen molar-refractivity contribution in [3.63, 3.8) is 0 Å². The lowest BCUT2D eigenvalue weighted by Crippen LogP contribution is -2.22. The zero-order valence-corrected chi connectivity index (χ0v) is 22.2. The van der Waals surface area contributed by atoms with Gasteiger partial charge in [-0.1, -0.05) is 18.2 Å². The molecule has 1 aromatic heterocycles. The lowest BCUT2D eigenvalue weighted by molar-refractivity contribution is 0.0688. The van der Waals surface area contributed by atoms with Crippen molar-refractivity contribution in [2.45, 2.75) is 69.5 Å². The van der Waals surface area contributed by atoms with Crippen molar-refractivity contribution in [3.05, 3.63) is 69.9 Å². The van der Waals surface area contributed by atoms with E-state index in [-0.39, 0.29) is 5.03 Å². The van der Waals surface area contributed by atoms with Gasteiger partial charge in [0.25, 0.3) is 0 Å². The topological polar surface area (TPSA) is 132 Å². The Bertz CT molecular complexity index is 1450. The largest absolute Gasteiger partial charge is 0.497 e. The second-order valence-corrected chi connectivity index (χ2v) is 12.0.